The van der Waals surface area contributed by atoms with Gasteiger partial charge in [-0.3, -0.25) is 0 Å². The average Bonchev–Trinajstić information content (AvgIpc) is 2.64. The van der Waals surface area contributed by atoms with Crippen molar-refractivity contribution < 1.29 is 38.4 Å². The Morgan fingerprint density at radius 3 is 1.76 bits per heavy atom. The van der Waals surface area contributed by atoms with E-state index in [1.54, 1.807) is 19.2 Å². The molecule has 0 unspecified atom stereocenters. The van der Waals surface area contributed by atoms with Crippen molar-refractivity contribution in [1.29, 1.82) is 0 Å². The molecule has 0 aromatic heterocycles. The maximum atomic E-state index is 12.1. The molecule has 0 heterocycles. The third-order valence-corrected chi connectivity index (χ3v) is 2.96. The van der Waals surface area contributed by atoms with Gasteiger partial charge in [-0.25, -0.2) is 9.59 Å². The average molecular weight is 356 g/mol. The van der Waals surface area contributed by atoms with Crippen LogP contribution in [0.4, 0.5) is 0 Å². The minimum Gasteiger partial charge on any atom is -0.460 e. The Bertz CT molecular complexity index is 517. The van der Waals surface area contributed by atoms with Gasteiger partial charge in [-0.2, -0.15) is 0 Å². The van der Waals surface area contributed by atoms with Crippen LogP contribution in [0.3, 0.4) is 0 Å². The summed E-state index contributed by atoms with van der Waals surface area (Å²) in [6.07, 6.45) is 0. The van der Waals surface area contributed by atoms with E-state index in [2.05, 4.69) is 0 Å². The van der Waals surface area contributed by atoms with E-state index in [0.717, 1.165) is 0 Å². The first-order chi connectivity index (χ1) is 12.2. The van der Waals surface area contributed by atoms with Crippen LogP contribution in [0.5, 0.6) is 0 Å². The van der Waals surface area contributed by atoms with Gasteiger partial charge in [0.15, 0.2) is 0 Å². The topological polar surface area (TPSA) is 101 Å². The largest absolute Gasteiger partial charge is 0.460 e. The minimum atomic E-state index is -0.642. The summed E-state index contributed by atoms with van der Waals surface area (Å²) in [5.41, 5.74) is 0.246. The fourth-order valence-electron chi connectivity index (χ4n) is 1.79. The Kier molecular flexibility index (Phi) is 11.2. The molecule has 0 radical (unpaired) electrons. The van der Waals surface area contributed by atoms with Gasteiger partial charge in [0, 0.05) is 7.11 Å². The number of rotatable bonds is 13. The van der Waals surface area contributed by atoms with Crippen LogP contribution >= 0.6 is 0 Å². The van der Waals surface area contributed by atoms with Gasteiger partial charge in [-0.1, -0.05) is 12.1 Å². The maximum Gasteiger partial charge on any atom is 0.339 e. The zero-order chi connectivity index (χ0) is 18.3. The van der Waals surface area contributed by atoms with Gasteiger partial charge >= 0.3 is 11.9 Å². The predicted octanol–water partition coefficient (Wildman–Crippen LogP) is 0.672. The fraction of sp³-hybridized carbons (Fsp3) is 0.529. The van der Waals surface area contributed by atoms with Crippen molar-refractivity contribution in [2.75, 3.05) is 60.0 Å². The highest BCUT2D eigenvalue weighted by Gasteiger charge is 2.18. The Balaban J connectivity index is 2.46. The zero-order valence-corrected chi connectivity index (χ0v) is 14.3. The van der Waals surface area contributed by atoms with Gasteiger partial charge in [0.2, 0.25) is 0 Å². The first kappa shape index (κ1) is 21.0. The van der Waals surface area contributed by atoms with E-state index in [4.69, 9.17) is 28.8 Å². The number of ether oxygens (including phenoxy) is 5. The van der Waals surface area contributed by atoms with E-state index in [9.17, 15) is 9.59 Å². The monoisotopic (exact) mass is 356 g/mol. The van der Waals surface area contributed by atoms with Gasteiger partial charge in [0.25, 0.3) is 0 Å². The molecule has 25 heavy (non-hydrogen) atoms. The molecule has 0 spiro atoms. The van der Waals surface area contributed by atoms with Crippen LogP contribution in [0.15, 0.2) is 24.3 Å². The van der Waals surface area contributed by atoms with Crippen LogP contribution in [-0.2, 0) is 23.7 Å². The number of aliphatic hydroxyl groups is 1. The van der Waals surface area contributed by atoms with E-state index in [1.807, 2.05) is 0 Å². The summed E-state index contributed by atoms with van der Waals surface area (Å²) in [4.78, 5) is 24.2. The fourth-order valence-corrected chi connectivity index (χ4v) is 1.79. The SMILES string of the molecule is COCCOCCOC(=O)c1ccccc1C(=O)OCCOCCO. The van der Waals surface area contributed by atoms with Crippen LogP contribution in [0.1, 0.15) is 20.7 Å². The van der Waals surface area contributed by atoms with Crippen LogP contribution in [0.25, 0.3) is 0 Å². The van der Waals surface area contributed by atoms with E-state index < -0.39 is 11.9 Å². The molecule has 1 aromatic carbocycles. The van der Waals surface area contributed by atoms with Crippen molar-refractivity contribution in [1.82, 2.24) is 0 Å². The number of hydrogen-bond acceptors (Lipinski definition) is 8. The molecular formula is C17H24O8. The molecule has 1 N–H and O–H groups in total. The second-order valence-electron chi connectivity index (χ2n) is 4.76. The van der Waals surface area contributed by atoms with Gasteiger partial charge in [-0.15, -0.1) is 0 Å². The first-order valence-electron chi connectivity index (χ1n) is 7.89. The normalized spacial score (nSPS) is 10.5. The smallest absolute Gasteiger partial charge is 0.339 e. The van der Waals surface area contributed by atoms with E-state index in [0.29, 0.717) is 13.2 Å². The summed E-state index contributed by atoms with van der Waals surface area (Å²) in [5, 5.41) is 8.58. The molecule has 0 saturated carbocycles. The van der Waals surface area contributed by atoms with Crippen molar-refractivity contribution in [3.8, 4) is 0 Å². The van der Waals surface area contributed by atoms with Gasteiger partial charge in [0.1, 0.15) is 13.2 Å². The Labute approximate surface area is 146 Å². The highest BCUT2D eigenvalue weighted by Crippen LogP contribution is 2.12. The second kappa shape index (κ2) is 13.3. The van der Waals surface area contributed by atoms with Crippen LogP contribution in [-0.4, -0.2) is 77.0 Å². The van der Waals surface area contributed by atoms with Gasteiger partial charge in [0.05, 0.1) is 50.8 Å². The van der Waals surface area contributed by atoms with Gasteiger partial charge < -0.3 is 28.8 Å². The quantitative estimate of drug-likeness (QED) is 0.407. The van der Waals surface area contributed by atoms with Crippen LogP contribution < -0.4 is 0 Å². The molecule has 0 aliphatic carbocycles. The van der Waals surface area contributed by atoms with Crippen molar-refractivity contribution in [3.63, 3.8) is 0 Å². The summed E-state index contributed by atoms with van der Waals surface area (Å²) in [5.74, 6) is -1.27. The lowest BCUT2D eigenvalue weighted by molar-refractivity contribution is 0.0197. The number of carbonyl (C=O) groups excluding carboxylic acids is 2. The molecule has 0 atom stereocenters. The predicted molar refractivity (Wildman–Crippen MR) is 87.6 cm³/mol. The molecule has 1 rings (SSSR count). The van der Waals surface area contributed by atoms with Crippen LogP contribution in [0.2, 0.25) is 0 Å². The lowest BCUT2D eigenvalue weighted by atomic mass is 10.1. The summed E-state index contributed by atoms with van der Waals surface area (Å²) in [7, 11) is 1.57. The van der Waals surface area contributed by atoms with Crippen molar-refractivity contribution in [2.24, 2.45) is 0 Å². The third kappa shape index (κ3) is 8.59. The molecule has 0 bridgehead atoms. The molecule has 8 nitrogen and oxygen atoms in total. The van der Waals surface area contributed by atoms with Crippen LogP contribution in [0, 0.1) is 0 Å². The van der Waals surface area contributed by atoms with E-state index in [-0.39, 0.29) is 50.8 Å². The Hall–Kier alpha value is -2.00. The molecule has 1 aromatic rings. The molecule has 0 fully saturated rings. The minimum absolute atomic E-state index is 0.0234. The van der Waals surface area contributed by atoms with E-state index in [1.165, 1.54) is 12.1 Å². The molecular weight excluding hydrogens is 332 g/mol. The highest BCUT2D eigenvalue weighted by atomic mass is 16.6. The lowest BCUT2D eigenvalue weighted by Crippen LogP contribution is -2.18. The Morgan fingerprint density at radius 2 is 1.28 bits per heavy atom. The molecule has 8 heteroatoms. The summed E-state index contributed by atoms with van der Waals surface area (Å²) in [6.45, 7) is 1.45. The van der Waals surface area contributed by atoms with Crippen molar-refractivity contribution >= 4 is 11.9 Å². The Morgan fingerprint density at radius 1 is 0.800 bits per heavy atom. The molecule has 0 aliphatic rings. The number of esters is 2. The summed E-state index contributed by atoms with van der Waals surface area (Å²) < 4.78 is 25.2. The molecule has 0 aliphatic heterocycles. The van der Waals surface area contributed by atoms with Gasteiger partial charge in [-0.05, 0) is 12.1 Å². The number of benzene rings is 1. The maximum absolute atomic E-state index is 12.1. The number of hydrogen-bond donors (Lipinski definition) is 1. The first-order valence-corrected chi connectivity index (χ1v) is 7.89. The zero-order valence-electron chi connectivity index (χ0n) is 14.3. The molecule has 140 valence electrons. The lowest BCUT2D eigenvalue weighted by Gasteiger charge is -2.10. The standard InChI is InChI=1S/C17H24O8/c1-21-8-9-23-11-13-25-17(20)15-5-3-2-4-14(15)16(19)24-12-10-22-7-6-18/h2-5,18H,6-13H2,1H3. The van der Waals surface area contributed by atoms with Crippen molar-refractivity contribution in [2.45, 2.75) is 0 Å². The third-order valence-electron chi connectivity index (χ3n) is 2.96. The number of methoxy groups -OCH3 is 1. The molecule has 0 saturated heterocycles. The summed E-state index contributed by atoms with van der Waals surface area (Å²) >= 11 is 0. The second-order valence-corrected chi connectivity index (χ2v) is 4.76. The van der Waals surface area contributed by atoms with E-state index >= 15 is 0 Å². The van der Waals surface area contributed by atoms with Crippen molar-refractivity contribution in [3.05, 3.63) is 35.4 Å². The molecule has 0 amide bonds. The highest BCUT2D eigenvalue weighted by molar-refractivity contribution is 6.03. The number of aliphatic hydroxyl groups excluding tert-OH is 1. The number of carbonyl (C=O) groups is 2. The summed E-state index contributed by atoms with van der Waals surface area (Å²) in [6, 6.07) is 6.24.